The Morgan fingerprint density at radius 3 is 3.04 bits per heavy atom. The highest BCUT2D eigenvalue weighted by Gasteiger charge is 2.30. The summed E-state index contributed by atoms with van der Waals surface area (Å²) < 4.78 is 40.3. The van der Waals surface area contributed by atoms with Crippen LogP contribution < -0.4 is 4.74 Å². The van der Waals surface area contributed by atoms with Crippen LogP contribution in [0.3, 0.4) is 0 Å². The number of hydrogen-bond acceptors (Lipinski definition) is 5. The number of benzene rings is 1. The van der Waals surface area contributed by atoms with Crippen molar-refractivity contribution in [2.45, 2.75) is 31.9 Å². The molecule has 1 aromatic heterocycles. The van der Waals surface area contributed by atoms with Gasteiger partial charge in [0.05, 0.1) is 19.1 Å². The van der Waals surface area contributed by atoms with Gasteiger partial charge in [-0.25, -0.2) is 4.98 Å². The molecule has 1 saturated heterocycles. The number of ether oxygens (including phenoxy) is 2. The van der Waals surface area contributed by atoms with Crippen molar-refractivity contribution in [3.05, 3.63) is 47.2 Å². The summed E-state index contributed by atoms with van der Waals surface area (Å²) in [6.45, 7) is -0.781. The third-order valence-electron chi connectivity index (χ3n) is 4.62. The highest BCUT2D eigenvalue weighted by molar-refractivity contribution is 5.94. The van der Waals surface area contributed by atoms with Gasteiger partial charge in [-0.15, -0.1) is 0 Å². The average Bonchev–Trinajstić information content (AvgIpc) is 3.29. The topological polar surface area (TPSA) is 64.8 Å². The maximum atomic E-state index is 12.7. The fourth-order valence-corrected chi connectivity index (χ4v) is 3.28. The largest absolute Gasteiger partial charge is 0.445 e. The molecule has 0 spiro atoms. The zero-order valence-corrected chi connectivity index (χ0v) is 14.0. The summed E-state index contributed by atoms with van der Waals surface area (Å²) in [5, 5.41) is 0. The fraction of sp³-hybridized carbons (Fsp3) is 0.444. The number of alkyl halides is 2. The number of carbonyl (C=O) groups excluding carboxylic acids is 1. The monoisotopic (exact) mass is 364 g/mol. The third-order valence-corrected chi connectivity index (χ3v) is 4.62. The summed E-state index contributed by atoms with van der Waals surface area (Å²) in [5.41, 5.74) is 1.06. The predicted molar refractivity (Wildman–Crippen MR) is 86.2 cm³/mol. The summed E-state index contributed by atoms with van der Waals surface area (Å²) in [4.78, 5) is 18.9. The van der Waals surface area contributed by atoms with Crippen LogP contribution in [0.25, 0.3) is 0 Å². The van der Waals surface area contributed by atoms with E-state index >= 15 is 0 Å². The highest BCUT2D eigenvalue weighted by Crippen LogP contribution is 2.29. The molecule has 1 aromatic carbocycles. The van der Waals surface area contributed by atoms with E-state index in [9.17, 15) is 13.6 Å². The first-order valence-corrected chi connectivity index (χ1v) is 8.50. The molecular formula is C18H18F2N2O4. The van der Waals surface area contributed by atoms with Crippen molar-refractivity contribution in [1.82, 2.24) is 9.88 Å². The van der Waals surface area contributed by atoms with Gasteiger partial charge in [0, 0.05) is 25.1 Å². The first kappa shape index (κ1) is 17.0. The van der Waals surface area contributed by atoms with Crippen molar-refractivity contribution >= 4 is 5.91 Å². The minimum absolute atomic E-state index is 0.0338. The van der Waals surface area contributed by atoms with Crippen LogP contribution in [0, 0.1) is 0 Å². The van der Waals surface area contributed by atoms with Gasteiger partial charge in [0.25, 0.3) is 5.91 Å². The number of carbonyl (C=O) groups is 1. The second-order valence-electron chi connectivity index (χ2n) is 6.37. The Labute approximate surface area is 148 Å². The second-order valence-corrected chi connectivity index (χ2v) is 6.37. The van der Waals surface area contributed by atoms with Crippen LogP contribution in [0.5, 0.6) is 5.75 Å². The van der Waals surface area contributed by atoms with E-state index in [4.69, 9.17) is 9.15 Å². The van der Waals surface area contributed by atoms with E-state index < -0.39 is 6.61 Å². The molecule has 8 heteroatoms. The van der Waals surface area contributed by atoms with Gasteiger partial charge in [0.1, 0.15) is 17.2 Å². The Balaban J connectivity index is 1.48. The molecule has 0 N–H and O–H groups in total. The molecule has 2 aromatic rings. The summed E-state index contributed by atoms with van der Waals surface area (Å²) in [6.07, 6.45) is 1.47. The third kappa shape index (κ3) is 3.41. The lowest BCUT2D eigenvalue weighted by Gasteiger charge is -2.25. The molecule has 0 saturated carbocycles. The molecule has 0 aliphatic carbocycles. The predicted octanol–water partition coefficient (Wildman–Crippen LogP) is 2.98. The van der Waals surface area contributed by atoms with Crippen molar-refractivity contribution in [2.75, 3.05) is 19.8 Å². The van der Waals surface area contributed by atoms with Crippen molar-refractivity contribution in [3.63, 3.8) is 0 Å². The molecule has 2 aliphatic rings. The molecule has 1 amide bonds. The Kier molecular flexibility index (Phi) is 4.58. The van der Waals surface area contributed by atoms with E-state index in [1.807, 2.05) is 0 Å². The normalized spacial score (nSPS) is 19.7. The van der Waals surface area contributed by atoms with Gasteiger partial charge in [0.15, 0.2) is 5.89 Å². The molecule has 26 heavy (non-hydrogen) atoms. The second kappa shape index (κ2) is 7.03. The van der Waals surface area contributed by atoms with E-state index in [1.54, 1.807) is 11.0 Å². The van der Waals surface area contributed by atoms with Crippen molar-refractivity contribution in [3.8, 4) is 5.75 Å². The van der Waals surface area contributed by atoms with Crippen LogP contribution in [0.1, 0.15) is 40.0 Å². The molecule has 1 unspecified atom stereocenters. The van der Waals surface area contributed by atoms with Gasteiger partial charge in [-0.05, 0) is 24.6 Å². The quantitative estimate of drug-likeness (QED) is 0.835. The molecule has 6 nitrogen and oxygen atoms in total. The molecule has 0 bridgehead atoms. The first-order chi connectivity index (χ1) is 12.6. The molecule has 0 radical (unpaired) electrons. The van der Waals surface area contributed by atoms with Gasteiger partial charge < -0.3 is 18.8 Å². The maximum Gasteiger partial charge on any atom is 0.387 e. The van der Waals surface area contributed by atoms with Crippen molar-refractivity contribution < 1.29 is 27.5 Å². The van der Waals surface area contributed by atoms with Gasteiger partial charge in [-0.3, -0.25) is 4.79 Å². The minimum atomic E-state index is -2.92. The molecular weight excluding hydrogens is 346 g/mol. The smallest absolute Gasteiger partial charge is 0.387 e. The molecule has 2 aliphatic heterocycles. The van der Waals surface area contributed by atoms with E-state index in [-0.39, 0.29) is 17.6 Å². The number of hydrogen-bond donors (Lipinski definition) is 0. The van der Waals surface area contributed by atoms with Crippen LogP contribution in [-0.4, -0.2) is 42.2 Å². The zero-order chi connectivity index (χ0) is 18.1. The summed E-state index contributed by atoms with van der Waals surface area (Å²) >= 11 is 0. The fourth-order valence-electron chi connectivity index (χ4n) is 3.28. The lowest BCUT2D eigenvalue weighted by Crippen LogP contribution is -2.35. The summed E-state index contributed by atoms with van der Waals surface area (Å²) in [7, 11) is 0. The molecule has 1 fully saturated rings. The standard InChI is InChI=1S/C18H18F2N2O4/c19-18(20)25-13-3-1-2-11(8-13)17(23)22-6-4-15-14(9-22)21-16(26-15)12-5-7-24-10-12/h1-3,8,12,18H,4-7,9-10H2. The average molecular weight is 364 g/mol. The molecule has 138 valence electrons. The zero-order valence-electron chi connectivity index (χ0n) is 14.0. The van der Waals surface area contributed by atoms with Crippen molar-refractivity contribution in [2.24, 2.45) is 0 Å². The lowest BCUT2D eigenvalue weighted by atomic mass is 10.1. The number of nitrogens with zero attached hydrogens (tertiary/aromatic N) is 2. The molecule has 3 heterocycles. The number of rotatable bonds is 4. The van der Waals surface area contributed by atoms with Crippen LogP contribution >= 0.6 is 0 Å². The van der Waals surface area contributed by atoms with Crippen LogP contribution in [0.4, 0.5) is 8.78 Å². The first-order valence-electron chi connectivity index (χ1n) is 8.50. The summed E-state index contributed by atoms with van der Waals surface area (Å²) in [6, 6.07) is 5.83. The van der Waals surface area contributed by atoms with Crippen LogP contribution in [0.2, 0.25) is 0 Å². The Morgan fingerprint density at radius 1 is 1.38 bits per heavy atom. The van der Waals surface area contributed by atoms with Crippen LogP contribution in [0.15, 0.2) is 28.7 Å². The lowest BCUT2D eigenvalue weighted by molar-refractivity contribution is -0.0499. The minimum Gasteiger partial charge on any atom is -0.445 e. The Bertz CT molecular complexity index is 802. The Morgan fingerprint density at radius 2 is 2.27 bits per heavy atom. The molecule has 1 atom stereocenters. The number of oxazole rings is 1. The van der Waals surface area contributed by atoms with E-state index in [0.29, 0.717) is 44.2 Å². The maximum absolute atomic E-state index is 12.7. The van der Waals surface area contributed by atoms with Crippen LogP contribution in [-0.2, 0) is 17.7 Å². The van der Waals surface area contributed by atoms with Gasteiger partial charge in [-0.1, -0.05) is 6.07 Å². The number of amides is 1. The SMILES string of the molecule is O=C(c1cccc(OC(F)F)c1)N1CCc2oc(C3CCOC3)nc2C1. The number of fused-ring (bicyclic) bond motifs is 1. The Hall–Kier alpha value is -2.48. The van der Waals surface area contributed by atoms with E-state index in [0.717, 1.165) is 17.9 Å². The van der Waals surface area contributed by atoms with Gasteiger partial charge in [-0.2, -0.15) is 8.78 Å². The molecule has 4 rings (SSSR count). The van der Waals surface area contributed by atoms with E-state index in [1.165, 1.54) is 18.2 Å². The van der Waals surface area contributed by atoms with E-state index in [2.05, 4.69) is 9.72 Å². The number of halogens is 2. The number of aromatic nitrogens is 1. The van der Waals surface area contributed by atoms with Crippen molar-refractivity contribution in [1.29, 1.82) is 0 Å². The van der Waals surface area contributed by atoms with Gasteiger partial charge in [0.2, 0.25) is 0 Å². The van der Waals surface area contributed by atoms with Gasteiger partial charge >= 0.3 is 6.61 Å². The summed E-state index contributed by atoms with van der Waals surface area (Å²) in [5.74, 6) is 1.38. The highest BCUT2D eigenvalue weighted by atomic mass is 19.3.